The molecular formula is C8H10N3O2-. The number of rotatable bonds is 3. The average Bonchev–Trinajstić information content (AvgIpc) is 2.18. The van der Waals surface area contributed by atoms with Crippen molar-refractivity contribution < 1.29 is 4.97 Å². The molecule has 13 heavy (non-hydrogen) atoms. The number of hydrogen-bond acceptors (Lipinski definition) is 3. The summed E-state index contributed by atoms with van der Waals surface area (Å²) >= 11 is 0. The standard InChI is InChI=1S/C8H11N3O2/c1-10(11(13)9-12)7-8-5-3-2-4-6-8/h2-6,12H,7H2,1H3/p-1/b11-9+. The van der Waals surface area contributed by atoms with Gasteiger partial charge < -0.3 is 10.4 Å². The van der Waals surface area contributed by atoms with E-state index in [1.807, 2.05) is 30.3 Å². The fourth-order valence-electron chi connectivity index (χ4n) is 0.970. The van der Waals surface area contributed by atoms with Gasteiger partial charge in [-0.25, -0.2) is 0 Å². The second-order valence-electron chi connectivity index (χ2n) is 2.64. The maximum Gasteiger partial charge on any atom is 0.101 e. The van der Waals surface area contributed by atoms with Crippen LogP contribution >= 0.6 is 0 Å². The van der Waals surface area contributed by atoms with Crippen LogP contribution in [-0.2, 0) is 6.54 Å². The lowest BCUT2D eigenvalue weighted by molar-refractivity contribution is -0.688. The predicted octanol–water partition coefficient (Wildman–Crippen LogP) is 1.49. The molecule has 0 saturated heterocycles. The maximum atomic E-state index is 10.7. The molecule has 0 spiro atoms. The van der Waals surface area contributed by atoms with Crippen LogP contribution in [0.5, 0.6) is 0 Å². The van der Waals surface area contributed by atoms with Crippen molar-refractivity contribution in [1.29, 1.82) is 0 Å². The van der Waals surface area contributed by atoms with Gasteiger partial charge in [-0.3, -0.25) is 0 Å². The monoisotopic (exact) mass is 180 g/mol. The Balaban J connectivity index is 2.60. The van der Waals surface area contributed by atoms with Gasteiger partial charge in [-0.15, -0.1) is 5.01 Å². The average molecular weight is 180 g/mol. The molecule has 0 atom stereocenters. The Morgan fingerprint density at radius 3 is 2.54 bits per heavy atom. The second kappa shape index (κ2) is 4.30. The highest BCUT2D eigenvalue weighted by molar-refractivity contribution is 5.13. The molecule has 5 heteroatoms. The molecule has 1 aromatic rings. The van der Waals surface area contributed by atoms with Gasteiger partial charge in [0.05, 0.1) is 7.05 Å². The van der Waals surface area contributed by atoms with Crippen LogP contribution < -0.4 is 0 Å². The predicted molar refractivity (Wildman–Crippen MR) is 47.3 cm³/mol. The first kappa shape index (κ1) is 9.31. The fourth-order valence-corrected chi connectivity index (χ4v) is 0.970. The maximum absolute atomic E-state index is 10.7. The van der Waals surface area contributed by atoms with Crippen LogP contribution in [0, 0.1) is 10.4 Å². The van der Waals surface area contributed by atoms with Crippen molar-refractivity contribution in [3.8, 4) is 0 Å². The number of nitrogens with zero attached hydrogens (tertiary/aromatic N) is 3. The lowest BCUT2D eigenvalue weighted by atomic mass is 10.2. The molecule has 0 N–H and O–H groups in total. The van der Waals surface area contributed by atoms with E-state index in [4.69, 9.17) is 0 Å². The van der Waals surface area contributed by atoms with Crippen LogP contribution in [-0.4, -0.2) is 17.0 Å². The van der Waals surface area contributed by atoms with Crippen LogP contribution in [0.3, 0.4) is 0 Å². The van der Waals surface area contributed by atoms with Crippen LogP contribution in [0.25, 0.3) is 0 Å². The van der Waals surface area contributed by atoms with E-state index in [9.17, 15) is 10.4 Å². The third-order valence-electron chi connectivity index (χ3n) is 1.62. The van der Waals surface area contributed by atoms with E-state index in [-0.39, 0.29) is 4.97 Å². The molecule has 0 bridgehead atoms. The molecule has 70 valence electrons. The Morgan fingerprint density at radius 2 is 2.00 bits per heavy atom. The van der Waals surface area contributed by atoms with E-state index in [1.165, 1.54) is 12.1 Å². The highest BCUT2D eigenvalue weighted by Gasteiger charge is 2.03. The van der Waals surface area contributed by atoms with E-state index in [0.29, 0.717) is 6.54 Å². The largest absolute Gasteiger partial charge is 0.737 e. The van der Waals surface area contributed by atoms with E-state index < -0.39 is 0 Å². The van der Waals surface area contributed by atoms with Crippen molar-refractivity contribution in [2.24, 2.45) is 5.28 Å². The molecule has 0 heterocycles. The minimum atomic E-state index is 0.0208. The van der Waals surface area contributed by atoms with Gasteiger partial charge in [0.2, 0.25) is 0 Å². The summed E-state index contributed by atoms with van der Waals surface area (Å²) in [4.78, 5) is 0.0208. The molecule has 0 aliphatic heterocycles. The third kappa shape index (κ3) is 2.62. The van der Waals surface area contributed by atoms with Crippen LogP contribution in [0.15, 0.2) is 35.6 Å². The summed E-state index contributed by atoms with van der Waals surface area (Å²) in [6.07, 6.45) is 0. The van der Waals surface area contributed by atoms with Gasteiger partial charge in [-0.1, -0.05) is 30.3 Å². The number of benzene rings is 1. The molecule has 0 aliphatic carbocycles. The zero-order valence-electron chi connectivity index (χ0n) is 7.25. The Bertz CT molecular complexity index is 287. The van der Waals surface area contributed by atoms with E-state index in [1.54, 1.807) is 0 Å². The van der Waals surface area contributed by atoms with Crippen LogP contribution in [0.1, 0.15) is 5.56 Å². The van der Waals surface area contributed by atoms with Crippen LogP contribution in [0.4, 0.5) is 0 Å². The molecule has 0 aliphatic rings. The lowest BCUT2D eigenvalue weighted by Crippen LogP contribution is -2.25. The molecule has 1 aromatic carbocycles. The summed E-state index contributed by atoms with van der Waals surface area (Å²) in [6.45, 7) is 0.371. The van der Waals surface area contributed by atoms with Gasteiger partial charge >= 0.3 is 0 Å². The first-order valence-corrected chi connectivity index (χ1v) is 3.79. The topological polar surface area (TPSA) is 64.7 Å². The lowest BCUT2D eigenvalue weighted by Gasteiger charge is -2.14. The molecule has 0 unspecified atom stereocenters. The first-order valence-electron chi connectivity index (χ1n) is 3.79. The van der Waals surface area contributed by atoms with E-state index in [2.05, 4.69) is 5.28 Å². The summed E-state index contributed by atoms with van der Waals surface area (Å²) < 4.78 is 0. The molecule has 0 fully saturated rings. The highest BCUT2D eigenvalue weighted by Crippen LogP contribution is 2.02. The molecule has 0 amide bonds. The Kier molecular flexibility index (Phi) is 3.08. The quantitative estimate of drug-likeness (QED) is 0.402. The van der Waals surface area contributed by atoms with Crippen LogP contribution in [0.2, 0.25) is 0 Å². The molecular weight excluding hydrogens is 170 g/mol. The Labute approximate surface area is 76.0 Å². The van der Waals surface area contributed by atoms with Gasteiger partial charge in [0, 0.05) is 4.97 Å². The van der Waals surface area contributed by atoms with Crippen molar-refractivity contribution in [3.63, 3.8) is 0 Å². The first-order chi connectivity index (χ1) is 6.24. The zero-order chi connectivity index (χ0) is 9.68. The van der Waals surface area contributed by atoms with Crippen molar-refractivity contribution in [2.45, 2.75) is 6.54 Å². The minimum absolute atomic E-state index is 0.0208. The molecule has 5 nitrogen and oxygen atoms in total. The highest BCUT2D eigenvalue weighted by atomic mass is 16.6. The zero-order valence-corrected chi connectivity index (χ0v) is 7.25. The van der Waals surface area contributed by atoms with Gasteiger partial charge in [0.15, 0.2) is 0 Å². The van der Waals surface area contributed by atoms with E-state index in [0.717, 1.165) is 5.56 Å². The van der Waals surface area contributed by atoms with Crippen molar-refractivity contribution in [1.82, 2.24) is 5.01 Å². The number of hydrogen-bond donors (Lipinski definition) is 0. The van der Waals surface area contributed by atoms with Crippen molar-refractivity contribution >= 4 is 0 Å². The number of hydrazine groups is 1. The fraction of sp³-hybridized carbons (Fsp3) is 0.250. The van der Waals surface area contributed by atoms with E-state index >= 15 is 0 Å². The third-order valence-corrected chi connectivity index (χ3v) is 1.62. The molecule has 0 radical (unpaired) electrons. The SMILES string of the molecule is CN(Cc1ccccc1)/[N+]([O-])=N\[O-]. The van der Waals surface area contributed by atoms with Crippen molar-refractivity contribution in [3.05, 3.63) is 46.3 Å². The summed E-state index contributed by atoms with van der Waals surface area (Å²) in [5.41, 5.74) is 0.953. The summed E-state index contributed by atoms with van der Waals surface area (Å²) in [5.74, 6) is 0. The normalized spacial score (nSPS) is 11.3. The van der Waals surface area contributed by atoms with Gasteiger partial charge in [0.1, 0.15) is 6.54 Å². The Morgan fingerprint density at radius 1 is 1.38 bits per heavy atom. The molecule has 0 aromatic heterocycles. The minimum Gasteiger partial charge on any atom is -0.737 e. The van der Waals surface area contributed by atoms with Crippen molar-refractivity contribution in [2.75, 3.05) is 7.05 Å². The smallest absolute Gasteiger partial charge is 0.101 e. The Hall–Kier alpha value is -1.78. The second-order valence-corrected chi connectivity index (χ2v) is 2.64. The van der Waals surface area contributed by atoms with Gasteiger partial charge in [-0.05, 0) is 10.8 Å². The molecule has 0 saturated carbocycles. The van der Waals surface area contributed by atoms with Gasteiger partial charge in [-0.2, -0.15) is 0 Å². The summed E-state index contributed by atoms with van der Waals surface area (Å²) in [6, 6.07) is 9.36. The molecule has 1 rings (SSSR count). The van der Waals surface area contributed by atoms with Gasteiger partial charge in [0.25, 0.3) is 0 Å². The summed E-state index contributed by atoms with van der Waals surface area (Å²) in [5, 5.41) is 24.0. The summed E-state index contributed by atoms with van der Waals surface area (Å²) in [7, 11) is 1.50.